The number of hydrogen-bond acceptors (Lipinski definition) is 4. The lowest BCUT2D eigenvalue weighted by Gasteiger charge is -2.29. The molecule has 0 fully saturated rings. The molecule has 0 saturated carbocycles. The van der Waals surface area contributed by atoms with Gasteiger partial charge >= 0.3 is 0 Å². The summed E-state index contributed by atoms with van der Waals surface area (Å²) in [4.78, 5) is 23.2. The minimum Gasteiger partial charge on any atom is -0.371 e. The van der Waals surface area contributed by atoms with Crippen LogP contribution in [0.5, 0.6) is 5.75 Å². The molecule has 1 amide bonds. The van der Waals surface area contributed by atoms with Crippen LogP contribution in [-0.4, -0.2) is 11.7 Å². The molecule has 5 heteroatoms. The zero-order valence-electron chi connectivity index (χ0n) is 16.1. The second-order valence-corrected chi connectivity index (χ2v) is 6.83. The molecule has 5 nitrogen and oxygen atoms in total. The van der Waals surface area contributed by atoms with Crippen molar-refractivity contribution in [1.82, 2.24) is 0 Å². The number of hydroxylamine groups is 1. The van der Waals surface area contributed by atoms with Crippen LogP contribution < -0.4 is 15.2 Å². The van der Waals surface area contributed by atoms with Gasteiger partial charge in [0.2, 0.25) is 0 Å². The topological polar surface area (TPSA) is 53.9 Å². The predicted octanol–water partition coefficient (Wildman–Crippen LogP) is 5.42. The highest BCUT2D eigenvalue weighted by Crippen LogP contribution is 2.35. The van der Waals surface area contributed by atoms with Crippen molar-refractivity contribution in [3.05, 3.63) is 83.4 Å². The van der Waals surface area contributed by atoms with Crippen molar-refractivity contribution in [3.8, 4) is 5.75 Å². The Hall–Kier alpha value is -3.60. The third-order valence-corrected chi connectivity index (χ3v) is 4.63. The zero-order chi connectivity index (χ0) is 19.7. The second kappa shape index (κ2) is 7.19. The smallest absolute Gasteiger partial charge is 0.255 e. The van der Waals surface area contributed by atoms with Crippen LogP contribution in [0, 0.1) is 13.8 Å². The van der Waals surface area contributed by atoms with E-state index >= 15 is 0 Å². The number of rotatable bonds is 3. The molecule has 140 valence electrons. The molecule has 3 aromatic rings. The maximum absolute atomic E-state index is 12.5. The number of hydrogen-bond donors (Lipinski definition) is 1. The predicted molar refractivity (Wildman–Crippen MR) is 113 cm³/mol. The van der Waals surface area contributed by atoms with E-state index in [1.165, 1.54) is 0 Å². The molecule has 0 radical (unpaired) electrons. The van der Waals surface area contributed by atoms with E-state index in [0.29, 0.717) is 17.0 Å². The highest BCUT2D eigenvalue weighted by atomic mass is 16.7. The Bertz CT molecular complexity index is 1070. The van der Waals surface area contributed by atoms with Gasteiger partial charge in [-0.2, -0.15) is 5.06 Å². The molecule has 0 aromatic heterocycles. The number of amidine groups is 1. The van der Waals surface area contributed by atoms with Crippen LogP contribution in [0.4, 0.5) is 17.1 Å². The van der Waals surface area contributed by atoms with Gasteiger partial charge < -0.3 is 10.2 Å². The molecular weight excluding hydrogens is 350 g/mol. The summed E-state index contributed by atoms with van der Waals surface area (Å²) in [6.07, 6.45) is 0. The first kappa shape index (κ1) is 17.8. The fourth-order valence-corrected chi connectivity index (χ4v) is 3.05. The van der Waals surface area contributed by atoms with Crippen LogP contribution in [0.3, 0.4) is 0 Å². The Morgan fingerprint density at radius 2 is 1.71 bits per heavy atom. The first-order chi connectivity index (χ1) is 13.5. The van der Waals surface area contributed by atoms with Crippen LogP contribution in [0.2, 0.25) is 0 Å². The quantitative estimate of drug-likeness (QED) is 0.669. The number of amides is 1. The van der Waals surface area contributed by atoms with Gasteiger partial charge in [0.05, 0.1) is 5.69 Å². The minimum atomic E-state index is -0.148. The highest BCUT2D eigenvalue weighted by molar-refractivity contribution is 6.05. The van der Waals surface area contributed by atoms with Gasteiger partial charge in [-0.05, 0) is 62.7 Å². The Kier molecular flexibility index (Phi) is 4.57. The van der Waals surface area contributed by atoms with Gasteiger partial charge in [-0.1, -0.05) is 35.9 Å². The van der Waals surface area contributed by atoms with Crippen molar-refractivity contribution < 1.29 is 9.63 Å². The molecule has 28 heavy (non-hydrogen) atoms. The van der Waals surface area contributed by atoms with Crippen LogP contribution in [0.15, 0.2) is 71.7 Å². The SMILES string of the molecule is CC1=Nc2ccccc2ON1c1cc(NC(=O)c2ccc(C)cc2)ccc1C. The van der Waals surface area contributed by atoms with E-state index in [4.69, 9.17) is 4.84 Å². The number of nitrogens with zero attached hydrogens (tertiary/aromatic N) is 2. The summed E-state index contributed by atoms with van der Waals surface area (Å²) in [5.41, 5.74) is 5.08. The molecule has 1 aliphatic heterocycles. The summed E-state index contributed by atoms with van der Waals surface area (Å²) in [6, 6.07) is 20.9. The summed E-state index contributed by atoms with van der Waals surface area (Å²) in [6.45, 7) is 5.89. The molecule has 1 N–H and O–H groups in total. The first-order valence-corrected chi connectivity index (χ1v) is 9.12. The van der Waals surface area contributed by atoms with Gasteiger partial charge in [-0.25, -0.2) is 4.99 Å². The molecule has 0 atom stereocenters. The number of para-hydroxylation sites is 2. The normalized spacial score (nSPS) is 12.7. The Balaban J connectivity index is 1.61. The van der Waals surface area contributed by atoms with E-state index in [2.05, 4.69) is 10.3 Å². The number of anilines is 2. The van der Waals surface area contributed by atoms with Crippen molar-refractivity contribution >= 4 is 28.8 Å². The van der Waals surface area contributed by atoms with E-state index in [1.54, 1.807) is 5.06 Å². The summed E-state index contributed by atoms with van der Waals surface area (Å²) in [7, 11) is 0. The molecule has 0 unspecified atom stereocenters. The van der Waals surface area contributed by atoms with Crippen LogP contribution in [-0.2, 0) is 0 Å². The lowest BCUT2D eigenvalue weighted by atomic mass is 10.1. The van der Waals surface area contributed by atoms with E-state index < -0.39 is 0 Å². The van der Waals surface area contributed by atoms with Crippen molar-refractivity contribution in [2.75, 3.05) is 10.4 Å². The lowest BCUT2D eigenvalue weighted by molar-refractivity contribution is 0.102. The Morgan fingerprint density at radius 3 is 2.50 bits per heavy atom. The van der Waals surface area contributed by atoms with Crippen LogP contribution >= 0.6 is 0 Å². The number of carbonyl (C=O) groups excluding carboxylic acids is 1. The molecule has 4 rings (SSSR count). The standard InChI is InChI=1S/C23H21N3O2/c1-15-8-11-18(12-9-15)23(27)25-19-13-10-16(2)21(14-19)26-17(3)24-20-6-4-5-7-22(20)28-26/h4-14H,1-3H3,(H,25,27). The molecule has 1 heterocycles. The van der Waals surface area contributed by atoms with E-state index in [-0.39, 0.29) is 5.91 Å². The number of carbonyl (C=O) groups is 1. The van der Waals surface area contributed by atoms with Gasteiger partial charge in [0.1, 0.15) is 11.5 Å². The zero-order valence-corrected chi connectivity index (χ0v) is 16.1. The first-order valence-electron chi connectivity index (χ1n) is 9.12. The minimum absolute atomic E-state index is 0.148. The van der Waals surface area contributed by atoms with Crippen molar-refractivity contribution in [3.63, 3.8) is 0 Å². The monoisotopic (exact) mass is 371 g/mol. The Labute approximate surface area is 164 Å². The van der Waals surface area contributed by atoms with Crippen molar-refractivity contribution in [2.24, 2.45) is 4.99 Å². The van der Waals surface area contributed by atoms with Gasteiger partial charge in [-0.15, -0.1) is 0 Å². The maximum Gasteiger partial charge on any atom is 0.255 e. The summed E-state index contributed by atoms with van der Waals surface area (Å²) >= 11 is 0. The van der Waals surface area contributed by atoms with Crippen molar-refractivity contribution in [2.45, 2.75) is 20.8 Å². The maximum atomic E-state index is 12.5. The Morgan fingerprint density at radius 1 is 0.964 bits per heavy atom. The molecule has 3 aromatic carbocycles. The third-order valence-electron chi connectivity index (χ3n) is 4.63. The number of benzene rings is 3. The number of fused-ring (bicyclic) bond motifs is 1. The fraction of sp³-hybridized carbons (Fsp3) is 0.130. The van der Waals surface area contributed by atoms with Gasteiger partial charge in [-0.3, -0.25) is 4.79 Å². The van der Waals surface area contributed by atoms with Crippen LogP contribution in [0.25, 0.3) is 0 Å². The number of aliphatic imine (C=N–C) groups is 1. The molecule has 1 aliphatic rings. The van der Waals surface area contributed by atoms with Gasteiger partial charge in [0.25, 0.3) is 5.91 Å². The summed E-state index contributed by atoms with van der Waals surface area (Å²) in [5.74, 6) is 1.27. The fourth-order valence-electron chi connectivity index (χ4n) is 3.05. The van der Waals surface area contributed by atoms with E-state index in [0.717, 1.165) is 28.3 Å². The summed E-state index contributed by atoms with van der Waals surface area (Å²) < 4.78 is 0. The average molecular weight is 371 g/mol. The van der Waals surface area contributed by atoms with Gasteiger partial charge in [0.15, 0.2) is 5.75 Å². The number of aryl methyl sites for hydroxylation is 2. The molecule has 0 aliphatic carbocycles. The van der Waals surface area contributed by atoms with Gasteiger partial charge in [0, 0.05) is 11.3 Å². The molecular formula is C23H21N3O2. The lowest BCUT2D eigenvalue weighted by Crippen LogP contribution is -2.34. The number of nitrogens with one attached hydrogen (secondary N) is 1. The van der Waals surface area contributed by atoms with E-state index in [9.17, 15) is 4.79 Å². The summed E-state index contributed by atoms with van der Waals surface area (Å²) in [5, 5.41) is 4.65. The average Bonchev–Trinajstić information content (AvgIpc) is 2.69. The second-order valence-electron chi connectivity index (χ2n) is 6.83. The molecule has 0 saturated heterocycles. The molecule has 0 bridgehead atoms. The van der Waals surface area contributed by atoms with Crippen molar-refractivity contribution in [1.29, 1.82) is 0 Å². The van der Waals surface area contributed by atoms with E-state index in [1.807, 2.05) is 87.5 Å². The molecule has 0 spiro atoms. The largest absolute Gasteiger partial charge is 0.371 e. The van der Waals surface area contributed by atoms with Crippen LogP contribution in [0.1, 0.15) is 28.4 Å². The highest BCUT2D eigenvalue weighted by Gasteiger charge is 2.22. The third kappa shape index (κ3) is 3.47.